The first-order valence-corrected chi connectivity index (χ1v) is 8.39. The van der Waals surface area contributed by atoms with Crippen molar-refractivity contribution in [3.8, 4) is 5.75 Å². The van der Waals surface area contributed by atoms with Crippen molar-refractivity contribution in [1.82, 2.24) is 0 Å². The second-order valence-electron chi connectivity index (χ2n) is 5.85. The number of carbonyl (C=O) groups is 1. The molecule has 0 unspecified atom stereocenters. The summed E-state index contributed by atoms with van der Waals surface area (Å²) in [4.78, 5) is 12.1. The Morgan fingerprint density at radius 3 is 2.67 bits per heavy atom. The summed E-state index contributed by atoms with van der Waals surface area (Å²) in [6.07, 6.45) is 0.401. The maximum absolute atomic E-state index is 12.1. The molecule has 0 saturated carbocycles. The van der Waals surface area contributed by atoms with Crippen molar-refractivity contribution in [3.05, 3.63) is 53.1 Å². The van der Waals surface area contributed by atoms with Gasteiger partial charge in [0.15, 0.2) is 0 Å². The fourth-order valence-electron chi connectivity index (χ4n) is 2.16. The van der Waals surface area contributed by atoms with Crippen molar-refractivity contribution in [2.45, 2.75) is 33.3 Å². The van der Waals surface area contributed by atoms with E-state index in [0.717, 1.165) is 11.3 Å². The standard InChI is InChI=1S/C19H23ClN2O2/c1-13(2)24-18-7-5-4-6-17(18)22-19(23)10-11-21-15-9-8-14(3)16(20)12-15/h4-9,12-13,21H,10-11H2,1-3H3,(H,22,23). The molecule has 2 aromatic rings. The lowest BCUT2D eigenvalue weighted by molar-refractivity contribution is -0.116. The van der Waals surface area contributed by atoms with Gasteiger partial charge in [-0.05, 0) is 50.6 Å². The minimum atomic E-state index is -0.0690. The molecule has 2 N–H and O–H groups in total. The molecular formula is C19H23ClN2O2. The first-order chi connectivity index (χ1) is 11.5. The summed E-state index contributed by atoms with van der Waals surface area (Å²) >= 11 is 6.09. The van der Waals surface area contributed by atoms with Gasteiger partial charge in [0.25, 0.3) is 0 Å². The molecule has 0 atom stereocenters. The van der Waals surface area contributed by atoms with E-state index in [9.17, 15) is 4.79 Å². The molecule has 0 radical (unpaired) electrons. The first kappa shape index (κ1) is 18.1. The molecular weight excluding hydrogens is 324 g/mol. The van der Waals surface area contributed by atoms with Gasteiger partial charge in [-0.3, -0.25) is 4.79 Å². The van der Waals surface area contributed by atoms with E-state index in [1.54, 1.807) is 0 Å². The van der Waals surface area contributed by atoms with Gasteiger partial charge in [0.1, 0.15) is 5.75 Å². The molecule has 5 heteroatoms. The van der Waals surface area contributed by atoms with E-state index >= 15 is 0 Å². The maximum Gasteiger partial charge on any atom is 0.226 e. The van der Waals surface area contributed by atoms with Gasteiger partial charge in [0.05, 0.1) is 11.8 Å². The zero-order chi connectivity index (χ0) is 17.5. The molecule has 0 bridgehead atoms. The molecule has 1 amide bonds. The van der Waals surface area contributed by atoms with Crippen molar-refractivity contribution >= 4 is 28.9 Å². The molecule has 0 aliphatic rings. The number of para-hydroxylation sites is 2. The Morgan fingerprint density at radius 2 is 1.96 bits per heavy atom. The Hall–Kier alpha value is -2.20. The van der Waals surface area contributed by atoms with E-state index < -0.39 is 0 Å². The van der Waals surface area contributed by atoms with Crippen LogP contribution >= 0.6 is 11.6 Å². The SMILES string of the molecule is Cc1ccc(NCCC(=O)Nc2ccccc2OC(C)C)cc1Cl. The van der Waals surface area contributed by atoms with Crippen LogP contribution < -0.4 is 15.4 Å². The van der Waals surface area contributed by atoms with Gasteiger partial charge in [0.2, 0.25) is 5.91 Å². The predicted octanol–water partition coefficient (Wildman–Crippen LogP) is 4.88. The van der Waals surface area contributed by atoms with Crippen LogP contribution in [0.25, 0.3) is 0 Å². The van der Waals surface area contributed by atoms with E-state index in [2.05, 4.69) is 10.6 Å². The van der Waals surface area contributed by atoms with Gasteiger partial charge in [0, 0.05) is 23.7 Å². The minimum absolute atomic E-state index is 0.0519. The van der Waals surface area contributed by atoms with Gasteiger partial charge in [-0.15, -0.1) is 0 Å². The maximum atomic E-state index is 12.1. The summed E-state index contributed by atoms with van der Waals surface area (Å²) in [7, 11) is 0. The van der Waals surface area contributed by atoms with E-state index in [0.29, 0.717) is 29.4 Å². The van der Waals surface area contributed by atoms with Crippen LogP contribution in [-0.4, -0.2) is 18.6 Å². The van der Waals surface area contributed by atoms with Gasteiger partial charge < -0.3 is 15.4 Å². The summed E-state index contributed by atoms with van der Waals surface area (Å²) in [6, 6.07) is 13.2. The molecule has 0 aromatic heterocycles. The lowest BCUT2D eigenvalue weighted by atomic mass is 10.2. The highest BCUT2D eigenvalue weighted by Gasteiger charge is 2.08. The number of benzene rings is 2. The molecule has 0 fully saturated rings. The Morgan fingerprint density at radius 1 is 1.21 bits per heavy atom. The molecule has 0 spiro atoms. The molecule has 0 heterocycles. The number of hydrogen-bond donors (Lipinski definition) is 2. The summed E-state index contributed by atoms with van der Waals surface area (Å²) in [5, 5.41) is 6.80. The van der Waals surface area contributed by atoms with Crippen LogP contribution in [0.1, 0.15) is 25.8 Å². The summed E-state index contributed by atoms with van der Waals surface area (Å²) in [5.74, 6) is 0.611. The minimum Gasteiger partial charge on any atom is -0.489 e. The Kier molecular flexibility index (Phi) is 6.50. The Labute approximate surface area is 148 Å². The van der Waals surface area contributed by atoms with E-state index in [-0.39, 0.29) is 12.0 Å². The zero-order valence-corrected chi connectivity index (χ0v) is 15.0. The smallest absolute Gasteiger partial charge is 0.226 e. The average Bonchev–Trinajstić information content (AvgIpc) is 2.52. The largest absolute Gasteiger partial charge is 0.489 e. The highest BCUT2D eigenvalue weighted by atomic mass is 35.5. The number of rotatable bonds is 7. The summed E-state index contributed by atoms with van der Waals surface area (Å²) < 4.78 is 5.70. The van der Waals surface area contributed by atoms with Gasteiger partial charge >= 0.3 is 0 Å². The fourth-order valence-corrected chi connectivity index (χ4v) is 2.34. The third-order valence-electron chi connectivity index (χ3n) is 3.38. The third-order valence-corrected chi connectivity index (χ3v) is 3.78. The molecule has 2 aromatic carbocycles. The molecule has 2 rings (SSSR count). The van der Waals surface area contributed by atoms with Crippen LogP contribution in [0.5, 0.6) is 5.75 Å². The normalized spacial score (nSPS) is 10.5. The second-order valence-corrected chi connectivity index (χ2v) is 6.26. The van der Waals surface area contributed by atoms with Crippen LogP contribution in [0, 0.1) is 6.92 Å². The number of hydrogen-bond acceptors (Lipinski definition) is 3. The lowest BCUT2D eigenvalue weighted by Crippen LogP contribution is -2.17. The monoisotopic (exact) mass is 346 g/mol. The topological polar surface area (TPSA) is 50.4 Å². The zero-order valence-electron chi connectivity index (χ0n) is 14.2. The number of carbonyl (C=O) groups excluding carboxylic acids is 1. The van der Waals surface area contributed by atoms with Gasteiger partial charge in [-0.2, -0.15) is 0 Å². The number of aryl methyl sites for hydroxylation is 1. The number of amides is 1. The molecule has 0 saturated heterocycles. The van der Waals surface area contributed by atoms with Crippen molar-refractivity contribution in [2.75, 3.05) is 17.2 Å². The number of halogens is 1. The van der Waals surface area contributed by atoms with Crippen LogP contribution in [0.4, 0.5) is 11.4 Å². The number of ether oxygens (including phenoxy) is 1. The highest BCUT2D eigenvalue weighted by molar-refractivity contribution is 6.31. The van der Waals surface area contributed by atoms with Gasteiger partial charge in [-0.1, -0.05) is 29.8 Å². The van der Waals surface area contributed by atoms with Crippen molar-refractivity contribution < 1.29 is 9.53 Å². The van der Waals surface area contributed by atoms with Crippen LogP contribution in [-0.2, 0) is 4.79 Å². The summed E-state index contributed by atoms with van der Waals surface area (Å²) in [5.41, 5.74) is 2.62. The number of anilines is 2. The van der Waals surface area contributed by atoms with Crippen LogP contribution in [0.3, 0.4) is 0 Å². The average molecular weight is 347 g/mol. The highest BCUT2D eigenvalue weighted by Crippen LogP contribution is 2.25. The quantitative estimate of drug-likeness (QED) is 0.751. The van der Waals surface area contributed by atoms with Crippen LogP contribution in [0.2, 0.25) is 5.02 Å². The molecule has 0 aliphatic heterocycles. The van der Waals surface area contributed by atoms with Crippen LogP contribution in [0.15, 0.2) is 42.5 Å². The Balaban J connectivity index is 1.86. The van der Waals surface area contributed by atoms with Crippen molar-refractivity contribution in [1.29, 1.82) is 0 Å². The van der Waals surface area contributed by atoms with Crippen molar-refractivity contribution in [2.24, 2.45) is 0 Å². The van der Waals surface area contributed by atoms with E-state index in [4.69, 9.17) is 16.3 Å². The van der Waals surface area contributed by atoms with Crippen molar-refractivity contribution in [3.63, 3.8) is 0 Å². The lowest BCUT2D eigenvalue weighted by Gasteiger charge is -2.15. The van der Waals surface area contributed by atoms with E-state index in [1.807, 2.05) is 63.2 Å². The fraction of sp³-hybridized carbons (Fsp3) is 0.316. The number of nitrogens with one attached hydrogen (secondary N) is 2. The second kappa shape index (κ2) is 8.60. The molecule has 128 valence electrons. The molecule has 4 nitrogen and oxygen atoms in total. The Bertz CT molecular complexity index is 702. The first-order valence-electron chi connectivity index (χ1n) is 8.01. The van der Waals surface area contributed by atoms with E-state index in [1.165, 1.54) is 0 Å². The summed E-state index contributed by atoms with van der Waals surface area (Å²) in [6.45, 7) is 6.39. The molecule has 0 aliphatic carbocycles. The predicted molar refractivity (Wildman–Crippen MR) is 100 cm³/mol. The third kappa shape index (κ3) is 5.46. The molecule has 24 heavy (non-hydrogen) atoms. The van der Waals surface area contributed by atoms with Gasteiger partial charge in [-0.25, -0.2) is 0 Å².